The molecule has 0 amide bonds. The van der Waals surface area contributed by atoms with Gasteiger partial charge in [0.1, 0.15) is 11.3 Å². The zero-order valence-electron chi connectivity index (χ0n) is 13.6. The topological polar surface area (TPSA) is 47.8 Å². The van der Waals surface area contributed by atoms with Crippen molar-refractivity contribution in [1.82, 2.24) is 4.40 Å². The van der Waals surface area contributed by atoms with Gasteiger partial charge >= 0.3 is 5.97 Å². The van der Waals surface area contributed by atoms with Crippen LogP contribution >= 0.6 is 11.3 Å². The highest BCUT2D eigenvalue weighted by molar-refractivity contribution is 7.24. The Morgan fingerprint density at radius 2 is 1.76 bits per heavy atom. The van der Waals surface area contributed by atoms with Crippen LogP contribution in [0.15, 0.2) is 60.8 Å². The van der Waals surface area contributed by atoms with Gasteiger partial charge in [-0.25, -0.2) is 0 Å². The molecule has 124 valence electrons. The Bertz CT molecular complexity index is 1090. The van der Waals surface area contributed by atoms with E-state index in [0.717, 1.165) is 26.2 Å². The number of hydrogen-bond donors (Lipinski definition) is 0. The summed E-state index contributed by atoms with van der Waals surface area (Å²) in [6, 6.07) is 17.8. The number of benzene rings is 2. The minimum atomic E-state index is -0.524. The van der Waals surface area contributed by atoms with E-state index in [2.05, 4.69) is 4.74 Å². The van der Waals surface area contributed by atoms with Gasteiger partial charge in [-0.2, -0.15) is 0 Å². The van der Waals surface area contributed by atoms with E-state index in [1.54, 1.807) is 11.3 Å². The Morgan fingerprint density at radius 3 is 2.52 bits per heavy atom. The van der Waals surface area contributed by atoms with Gasteiger partial charge in [0, 0.05) is 11.8 Å². The summed E-state index contributed by atoms with van der Waals surface area (Å²) in [6.07, 6.45) is 1.72. The maximum absolute atomic E-state index is 12.9. The first-order chi connectivity index (χ1) is 12.2. The third kappa shape index (κ3) is 2.62. The lowest BCUT2D eigenvalue weighted by atomic mass is 10.0. The van der Waals surface area contributed by atoms with Crippen molar-refractivity contribution < 1.29 is 14.3 Å². The number of rotatable bonds is 4. The van der Waals surface area contributed by atoms with Crippen molar-refractivity contribution in [1.29, 1.82) is 0 Å². The molecule has 0 bridgehead atoms. The summed E-state index contributed by atoms with van der Waals surface area (Å²) in [6.45, 7) is 0. The lowest BCUT2D eigenvalue weighted by Gasteiger charge is -2.03. The first-order valence-electron chi connectivity index (χ1n) is 7.87. The molecule has 5 heteroatoms. The SMILES string of the molecule is COC(=O)CC(=O)c1c(-c2ccccc2)cn2c1sc1ccccc12. The zero-order chi connectivity index (χ0) is 17.4. The molecule has 2 aromatic carbocycles. The summed E-state index contributed by atoms with van der Waals surface area (Å²) < 4.78 is 7.81. The first kappa shape index (κ1) is 15.6. The van der Waals surface area contributed by atoms with Crippen molar-refractivity contribution in [2.75, 3.05) is 7.11 Å². The van der Waals surface area contributed by atoms with Gasteiger partial charge in [0.25, 0.3) is 0 Å². The molecule has 0 saturated heterocycles. The molecule has 0 unspecified atom stereocenters. The van der Waals surface area contributed by atoms with Gasteiger partial charge in [0.15, 0.2) is 5.78 Å². The molecule has 4 aromatic rings. The Balaban J connectivity index is 1.98. The number of ketones is 1. The van der Waals surface area contributed by atoms with Gasteiger partial charge in [-0.05, 0) is 17.7 Å². The van der Waals surface area contributed by atoms with Crippen LogP contribution in [0.1, 0.15) is 16.8 Å². The fourth-order valence-corrected chi connectivity index (χ4v) is 4.21. The molecule has 0 spiro atoms. The second kappa shape index (κ2) is 6.18. The Labute approximate surface area is 148 Å². The smallest absolute Gasteiger partial charge is 0.313 e. The van der Waals surface area contributed by atoms with E-state index in [9.17, 15) is 9.59 Å². The molecule has 2 heterocycles. The Kier molecular flexibility index (Phi) is 3.86. The molecular weight excluding hydrogens is 334 g/mol. The molecule has 2 aromatic heterocycles. The highest BCUT2D eigenvalue weighted by atomic mass is 32.1. The minimum absolute atomic E-state index is 0.222. The van der Waals surface area contributed by atoms with Crippen LogP contribution < -0.4 is 0 Å². The summed E-state index contributed by atoms with van der Waals surface area (Å²) in [7, 11) is 1.29. The number of thiazole rings is 1. The summed E-state index contributed by atoms with van der Waals surface area (Å²) in [5.74, 6) is -0.746. The lowest BCUT2D eigenvalue weighted by Crippen LogP contribution is -2.09. The van der Waals surface area contributed by atoms with Crippen LogP contribution in [0.3, 0.4) is 0 Å². The third-order valence-electron chi connectivity index (χ3n) is 4.19. The number of esters is 1. The van der Waals surface area contributed by atoms with Crippen LogP contribution in [0.2, 0.25) is 0 Å². The Hall–Kier alpha value is -2.92. The molecule has 4 rings (SSSR count). The predicted molar refractivity (Wildman–Crippen MR) is 99.2 cm³/mol. The number of hydrogen-bond acceptors (Lipinski definition) is 4. The van der Waals surface area contributed by atoms with Crippen LogP contribution in [0, 0.1) is 0 Å². The molecule has 0 fully saturated rings. The van der Waals surface area contributed by atoms with E-state index < -0.39 is 5.97 Å². The van der Waals surface area contributed by atoms with Gasteiger partial charge in [-0.1, -0.05) is 42.5 Å². The van der Waals surface area contributed by atoms with Crippen molar-refractivity contribution >= 4 is 38.1 Å². The van der Waals surface area contributed by atoms with E-state index in [1.165, 1.54) is 7.11 Å². The van der Waals surface area contributed by atoms with E-state index in [-0.39, 0.29) is 12.2 Å². The standard InChI is InChI=1S/C20H15NO3S/c1-24-18(23)11-16(22)19-14(13-7-3-2-4-8-13)12-21-15-9-5-6-10-17(15)25-20(19)21/h2-10,12H,11H2,1H3. The normalized spacial score (nSPS) is 11.1. The number of Topliss-reactive ketones (excluding diaryl/α,β-unsaturated/α-hetero) is 1. The lowest BCUT2D eigenvalue weighted by molar-refractivity contribution is -0.139. The molecule has 0 radical (unpaired) electrons. The molecule has 4 nitrogen and oxygen atoms in total. The predicted octanol–water partition coefficient (Wildman–Crippen LogP) is 4.57. The van der Waals surface area contributed by atoms with Gasteiger partial charge in [0.2, 0.25) is 0 Å². The number of methoxy groups -OCH3 is 1. The van der Waals surface area contributed by atoms with Crippen molar-refractivity contribution in [3.8, 4) is 11.1 Å². The van der Waals surface area contributed by atoms with Crippen molar-refractivity contribution in [3.63, 3.8) is 0 Å². The quantitative estimate of drug-likeness (QED) is 0.308. The minimum Gasteiger partial charge on any atom is -0.469 e. The van der Waals surface area contributed by atoms with Crippen molar-refractivity contribution in [2.45, 2.75) is 6.42 Å². The van der Waals surface area contributed by atoms with Crippen molar-refractivity contribution in [3.05, 3.63) is 66.4 Å². The highest BCUT2D eigenvalue weighted by Crippen LogP contribution is 2.37. The van der Waals surface area contributed by atoms with Crippen molar-refractivity contribution in [2.24, 2.45) is 0 Å². The number of carbonyl (C=O) groups excluding carboxylic acids is 2. The molecule has 0 aliphatic heterocycles. The monoisotopic (exact) mass is 349 g/mol. The van der Waals surface area contributed by atoms with Gasteiger partial charge < -0.3 is 9.14 Å². The summed E-state index contributed by atoms with van der Waals surface area (Å²) in [5, 5.41) is 0. The molecule has 0 saturated carbocycles. The number of aromatic nitrogens is 1. The van der Waals surface area contributed by atoms with E-state index in [0.29, 0.717) is 5.56 Å². The Morgan fingerprint density at radius 1 is 1.04 bits per heavy atom. The largest absolute Gasteiger partial charge is 0.469 e. The highest BCUT2D eigenvalue weighted by Gasteiger charge is 2.23. The number of nitrogens with zero attached hydrogens (tertiary/aromatic N) is 1. The maximum atomic E-state index is 12.9. The third-order valence-corrected chi connectivity index (χ3v) is 5.35. The average Bonchev–Trinajstić information content (AvgIpc) is 3.18. The number of carbonyl (C=O) groups is 2. The van der Waals surface area contributed by atoms with Crippen LogP contribution in [-0.2, 0) is 9.53 Å². The molecule has 0 aliphatic carbocycles. The second-order valence-corrected chi connectivity index (χ2v) is 6.74. The first-order valence-corrected chi connectivity index (χ1v) is 8.68. The summed E-state index contributed by atoms with van der Waals surface area (Å²) >= 11 is 1.56. The number of ether oxygens (including phenoxy) is 1. The van der Waals surface area contributed by atoms with Crippen LogP contribution in [0.5, 0.6) is 0 Å². The average molecular weight is 349 g/mol. The summed E-state index contributed by atoms with van der Waals surface area (Å²) in [4.78, 5) is 25.3. The van der Waals surface area contributed by atoms with E-state index >= 15 is 0 Å². The van der Waals surface area contributed by atoms with Gasteiger partial charge in [-0.3, -0.25) is 9.59 Å². The van der Waals surface area contributed by atoms with Crippen LogP contribution in [0.4, 0.5) is 0 Å². The van der Waals surface area contributed by atoms with E-state index in [1.807, 2.05) is 65.2 Å². The molecule has 25 heavy (non-hydrogen) atoms. The van der Waals surface area contributed by atoms with Crippen LogP contribution in [-0.4, -0.2) is 23.3 Å². The molecule has 0 aliphatic rings. The van der Waals surface area contributed by atoms with Gasteiger partial charge in [0.05, 0.1) is 22.9 Å². The number of para-hydroxylation sites is 1. The van der Waals surface area contributed by atoms with E-state index in [4.69, 9.17) is 0 Å². The molecule has 0 N–H and O–H groups in total. The fourth-order valence-electron chi connectivity index (χ4n) is 3.01. The summed E-state index contributed by atoms with van der Waals surface area (Å²) in [5.41, 5.74) is 3.43. The molecular formula is C20H15NO3S. The van der Waals surface area contributed by atoms with Gasteiger partial charge in [-0.15, -0.1) is 11.3 Å². The maximum Gasteiger partial charge on any atom is 0.313 e. The fraction of sp³-hybridized carbons (Fsp3) is 0.100. The zero-order valence-corrected chi connectivity index (χ0v) is 14.4. The number of fused-ring (bicyclic) bond motifs is 3. The second-order valence-electron chi connectivity index (χ2n) is 5.70. The molecule has 0 atom stereocenters. The van der Waals surface area contributed by atoms with Crippen LogP contribution in [0.25, 0.3) is 26.2 Å².